The van der Waals surface area contributed by atoms with Crippen molar-refractivity contribution in [2.24, 2.45) is 5.92 Å². The second kappa shape index (κ2) is 7.27. The number of halogens is 3. The lowest BCUT2D eigenvalue weighted by molar-refractivity contribution is -0.142. The maximum atomic E-state index is 12.9. The third-order valence-corrected chi connectivity index (χ3v) is 6.70. The van der Waals surface area contributed by atoms with Gasteiger partial charge < -0.3 is 5.11 Å². The van der Waals surface area contributed by atoms with E-state index in [0.717, 1.165) is 16.7 Å². The fourth-order valence-corrected chi connectivity index (χ4v) is 4.73. The van der Waals surface area contributed by atoms with Crippen LogP contribution < -0.4 is 0 Å². The lowest BCUT2D eigenvalue weighted by Crippen LogP contribution is -2.18. The molecule has 2 aromatic rings. The number of hydrogen-bond donors (Lipinski definition) is 1. The Labute approximate surface area is 155 Å². The van der Waals surface area contributed by atoms with E-state index in [1.807, 2.05) is 18.2 Å². The highest BCUT2D eigenvalue weighted by Gasteiger charge is 2.37. The first kappa shape index (κ1) is 19.9. The highest BCUT2D eigenvalue weighted by Crippen LogP contribution is 2.32. The minimum atomic E-state index is -4.61. The summed E-state index contributed by atoms with van der Waals surface area (Å²) in [5.41, 5.74) is 1.58. The van der Waals surface area contributed by atoms with Crippen LogP contribution in [-0.4, -0.2) is 34.8 Å². The summed E-state index contributed by atoms with van der Waals surface area (Å²) in [4.78, 5) is 0. The van der Waals surface area contributed by atoms with E-state index >= 15 is 0 Å². The molecule has 3 rings (SSSR count). The number of rotatable bonds is 6. The van der Waals surface area contributed by atoms with Crippen LogP contribution in [0.15, 0.2) is 24.4 Å². The average molecular weight is 402 g/mol. The first-order valence-electron chi connectivity index (χ1n) is 8.66. The van der Waals surface area contributed by atoms with Crippen molar-refractivity contribution in [3.05, 3.63) is 52.3 Å². The van der Waals surface area contributed by atoms with Crippen LogP contribution in [0.1, 0.15) is 34.9 Å². The standard InChI is InChI=1S/C18H21F3N2O3S/c1-2-27(25,26)11-13-6-14-4-3-12(5-15(14)7-13)8-23-9-16(10-24)17(22-23)18(19,20)21/h3-5,9,13,24H,2,6-8,10-11H2,1H3/t13-/m1/s1. The molecule has 0 saturated carbocycles. The average Bonchev–Trinajstić information content (AvgIpc) is 3.17. The van der Waals surface area contributed by atoms with Gasteiger partial charge in [0.1, 0.15) is 9.84 Å². The zero-order valence-corrected chi connectivity index (χ0v) is 15.6. The zero-order valence-electron chi connectivity index (χ0n) is 14.8. The third kappa shape index (κ3) is 4.52. The number of alkyl halides is 3. The summed E-state index contributed by atoms with van der Waals surface area (Å²) in [5.74, 6) is 0.323. The van der Waals surface area contributed by atoms with Gasteiger partial charge in [-0.3, -0.25) is 4.68 Å². The van der Waals surface area contributed by atoms with Gasteiger partial charge in [-0.1, -0.05) is 25.1 Å². The SMILES string of the molecule is CCS(=O)(=O)C[C@@H]1Cc2ccc(Cn3cc(CO)c(C(F)(F)F)n3)cc2C1. The molecule has 1 N–H and O–H groups in total. The Bertz CT molecular complexity index is 936. The number of sulfone groups is 1. The molecule has 1 aliphatic rings. The second-order valence-corrected chi connectivity index (χ2v) is 9.33. The van der Waals surface area contributed by atoms with Gasteiger partial charge in [0.05, 0.1) is 18.9 Å². The molecular weight excluding hydrogens is 381 g/mol. The monoisotopic (exact) mass is 402 g/mol. The highest BCUT2D eigenvalue weighted by atomic mass is 32.2. The molecule has 0 bridgehead atoms. The first-order chi connectivity index (χ1) is 12.6. The largest absolute Gasteiger partial charge is 0.435 e. The van der Waals surface area contributed by atoms with Crippen LogP contribution in [0.4, 0.5) is 13.2 Å². The molecule has 0 radical (unpaired) electrons. The van der Waals surface area contributed by atoms with Gasteiger partial charge in [-0.25, -0.2) is 8.42 Å². The van der Waals surface area contributed by atoms with E-state index in [9.17, 15) is 21.6 Å². The van der Waals surface area contributed by atoms with Crippen molar-refractivity contribution in [1.82, 2.24) is 9.78 Å². The van der Waals surface area contributed by atoms with Gasteiger partial charge in [-0.15, -0.1) is 0 Å². The number of hydrogen-bond acceptors (Lipinski definition) is 4. The van der Waals surface area contributed by atoms with E-state index in [1.54, 1.807) is 6.92 Å². The summed E-state index contributed by atoms with van der Waals surface area (Å²) in [7, 11) is -3.04. The molecule has 1 aliphatic carbocycles. The van der Waals surface area contributed by atoms with Crippen molar-refractivity contribution in [2.45, 2.75) is 39.1 Å². The van der Waals surface area contributed by atoms with Gasteiger partial charge in [0.25, 0.3) is 0 Å². The summed E-state index contributed by atoms with van der Waals surface area (Å²) in [6.07, 6.45) is -2.06. The Morgan fingerprint density at radius 2 is 1.96 bits per heavy atom. The van der Waals surface area contributed by atoms with Crippen molar-refractivity contribution in [2.75, 3.05) is 11.5 Å². The molecule has 1 aromatic heterocycles. The number of fused-ring (bicyclic) bond motifs is 1. The fraction of sp³-hybridized carbons (Fsp3) is 0.500. The van der Waals surface area contributed by atoms with Crippen LogP contribution in [0.2, 0.25) is 0 Å². The molecule has 0 aliphatic heterocycles. The lowest BCUT2D eigenvalue weighted by atomic mass is 10.1. The quantitative estimate of drug-likeness (QED) is 0.806. The van der Waals surface area contributed by atoms with E-state index in [4.69, 9.17) is 5.11 Å². The van der Waals surface area contributed by atoms with Gasteiger partial charge in [0.15, 0.2) is 5.69 Å². The molecular formula is C18H21F3N2O3S. The van der Waals surface area contributed by atoms with Crippen LogP contribution in [0.5, 0.6) is 0 Å². The Morgan fingerprint density at radius 1 is 1.26 bits per heavy atom. The predicted molar refractivity (Wildman–Crippen MR) is 93.9 cm³/mol. The number of aromatic nitrogens is 2. The second-order valence-electron chi connectivity index (χ2n) is 6.93. The van der Waals surface area contributed by atoms with Gasteiger partial charge >= 0.3 is 6.18 Å². The Balaban J connectivity index is 1.76. The van der Waals surface area contributed by atoms with Crippen LogP contribution in [0.25, 0.3) is 0 Å². The van der Waals surface area contributed by atoms with Crippen molar-refractivity contribution in [3.63, 3.8) is 0 Å². The summed E-state index contributed by atoms with van der Waals surface area (Å²) in [6, 6.07) is 5.63. The number of benzene rings is 1. The van der Waals surface area contributed by atoms with Crippen LogP contribution in [0.3, 0.4) is 0 Å². The lowest BCUT2D eigenvalue weighted by Gasteiger charge is -2.07. The Hall–Kier alpha value is -1.87. The summed E-state index contributed by atoms with van der Waals surface area (Å²) >= 11 is 0. The summed E-state index contributed by atoms with van der Waals surface area (Å²) < 4.78 is 63.7. The van der Waals surface area contributed by atoms with E-state index in [0.29, 0.717) is 12.8 Å². The molecule has 1 heterocycles. The third-order valence-electron chi connectivity index (χ3n) is 4.84. The molecule has 1 atom stereocenters. The van der Waals surface area contributed by atoms with E-state index in [1.165, 1.54) is 10.9 Å². The molecule has 148 valence electrons. The highest BCUT2D eigenvalue weighted by molar-refractivity contribution is 7.91. The van der Waals surface area contributed by atoms with Crippen molar-refractivity contribution >= 4 is 9.84 Å². The van der Waals surface area contributed by atoms with Crippen LogP contribution in [0, 0.1) is 5.92 Å². The van der Waals surface area contributed by atoms with Crippen molar-refractivity contribution in [3.8, 4) is 0 Å². The number of aliphatic hydroxyl groups is 1. The molecule has 0 unspecified atom stereocenters. The molecule has 1 aromatic carbocycles. The normalized spacial score (nSPS) is 17.3. The Kier molecular flexibility index (Phi) is 5.36. The minimum absolute atomic E-state index is 0.0442. The Morgan fingerprint density at radius 3 is 2.56 bits per heavy atom. The number of nitrogens with zero attached hydrogens (tertiary/aromatic N) is 2. The molecule has 0 amide bonds. The van der Waals surface area contributed by atoms with E-state index < -0.39 is 28.3 Å². The summed E-state index contributed by atoms with van der Waals surface area (Å²) in [5, 5.41) is 12.7. The number of aliphatic hydroxyl groups excluding tert-OH is 1. The predicted octanol–water partition coefficient (Wildman–Crippen LogP) is 2.59. The molecule has 0 fully saturated rings. The topological polar surface area (TPSA) is 72.2 Å². The minimum Gasteiger partial charge on any atom is -0.392 e. The van der Waals surface area contributed by atoms with Gasteiger partial charge in [0.2, 0.25) is 0 Å². The smallest absolute Gasteiger partial charge is 0.392 e. The molecule has 5 nitrogen and oxygen atoms in total. The molecule has 0 saturated heterocycles. The van der Waals surface area contributed by atoms with Crippen molar-refractivity contribution in [1.29, 1.82) is 0 Å². The van der Waals surface area contributed by atoms with E-state index in [-0.39, 0.29) is 29.5 Å². The van der Waals surface area contributed by atoms with Gasteiger partial charge in [0, 0.05) is 17.5 Å². The maximum absolute atomic E-state index is 12.9. The molecule has 27 heavy (non-hydrogen) atoms. The first-order valence-corrected chi connectivity index (χ1v) is 10.5. The van der Waals surface area contributed by atoms with Gasteiger partial charge in [-0.2, -0.15) is 18.3 Å². The zero-order chi connectivity index (χ0) is 19.8. The van der Waals surface area contributed by atoms with Crippen molar-refractivity contribution < 1.29 is 26.7 Å². The molecule has 0 spiro atoms. The molecule has 9 heteroatoms. The maximum Gasteiger partial charge on any atom is 0.435 e. The van der Waals surface area contributed by atoms with E-state index in [2.05, 4.69) is 5.10 Å². The van der Waals surface area contributed by atoms with Crippen LogP contribution in [-0.2, 0) is 42.0 Å². The fourth-order valence-electron chi connectivity index (χ4n) is 3.54. The summed E-state index contributed by atoms with van der Waals surface area (Å²) in [6.45, 7) is 1.05. The van der Waals surface area contributed by atoms with Crippen LogP contribution >= 0.6 is 0 Å². The van der Waals surface area contributed by atoms with Gasteiger partial charge in [-0.05, 0) is 35.4 Å².